The number of nitrogens with zero attached hydrogens (tertiary/aromatic N) is 1. The maximum Gasteiger partial charge on any atom is 0.317 e. The topological polar surface area (TPSA) is 52.6 Å². The summed E-state index contributed by atoms with van der Waals surface area (Å²) < 4.78 is 0. The zero-order valence-corrected chi connectivity index (χ0v) is 13.9. The molecule has 0 fully saturated rings. The van der Waals surface area contributed by atoms with Gasteiger partial charge in [-0.3, -0.25) is 0 Å². The Balaban J connectivity index is 2.03. The van der Waals surface area contributed by atoms with Crippen molar-refractivity contribution in [3.8, 4) is 11.1 Å². The molecule has 2 rings (SSSR count). The van der Waals surface area contributed by atoms with Crippen LogP contribution < -0.4 is 5.32 Å². The number of aliphatic hydroxyl groups excluding tert-OH is 1. The van der Waals surface area contributed by atoms with Gasteiger partial charge in [0.2, 0.25) is 0 Å². The summed E-state index contributed by atoms with van der Waals surface area (Å²) in [7, 11) is 1.68. The molecule has 0 saturated heterocycles. The number of amides is 2. The van der Waals surface area contributed by atoms with E-state index in [0.29, 0.717) is 0 Å². The van der Waals surface area contributed by atoms with Crippen LogP contribution >= 0.6 is 0 Å². The van der Waals surface area contributed by atoms with Crippen LogP contribution in [0.25, 0.3) is 11.1 Å². The van der Waals surface area contributed by atoms with Crippen molar-refractivity contribution in [2.24, 2.45) is 0 Å². The quantitative estimate of drug-likeness (QED) is 0.888. The van der Waals surface area contributed by atoms with Crippen molar-refractivity contribution in [3.63, 3.8) is 0 Å². The largest absolute Gasteiger partial charge is 0.394 e. The molecule has 4 nitrogen and oxygen atoms in total. The van der Waals surface area contributed by atoms with Gasteiger partial charge in [-0.25, -0.2) is 4.79 Å². The van der Waals surface area contributed by atoms with Crippen LogP contribution in [0.1, 0.15) is 25.5 Å². The second-order valence-corrected chi connectivity index (χ2v) is 5.80. The lowest BCUT2D eigenvalue weighted by Gasteiger charge is -2.25. The third kappa shape index (κ3) is 4.33. The highest BCUT2D eigenvalue weighted by molar-refractivity contribution is 5.74. The Kier molecular flexibility index (Phi) is 5.77. The van der Waals surface area contributed by atoms with Crippen LogP contribution in [0.2, 0.25) is 0 Å². The fraction of sp³-hybridized carbons (Fsp3) is 0.316. The standard InChI is InChI=1S/C19H24N2O2/c1-14(13-22)21(3)19(23)20-15(2)16-9-11-18(12-10-16)17-7-5-4-6-8-17/h4-12,14-15,22H,13H2,1-3H3,(H,20,23). The average Bonchev–Trinajstić information content (AvgIpc) is 2.61. The number of benzene rings is 2. The van der Waals surface area contributed by atoms with Gasteiger partial charge in [0, 0.05) is 7.05 Å². The van der Waals surface area contributed by atoms with Crippen molar-refractivity contribution >= 4 is 6.03 Å². The molecule has 122 valence electrons. The first-order valence-corrected chi connectivity index (χ1v) is 7.82. The van der Waals surface area contributed by atoms with E-state index in [9.17, 15) is 4.79 Å². The minimum absolute atomic E-state index is 0.0515. The summed E-state index contributed by atoms with van der Waals surface area (Å²) in [5.41, 5.74) is 3.37. The maximum absolute atomic E-state index is 12.1. The van der Waals surface area contributed by atoms with E-state index in [4.69, 9.17) is 5.11 Å². The molecule has 2 amide bonds. The molecule has 2 unspecified atom stereocenters. The Morgan fingerprint density at radius 3 is 2.17 bits per heavy atom. The minimum atomic E-state index is -0.206. The minimum Gasteiger partial charge on any atom is -0.394 e. The SMILES string of the molecule is CC(NC(=O)N(C)C(C)CO)c1ccc(-c2ccccc2)cc1. The zero-order valence-electron chi connectivity index (χ0n) is 13.9. The number of urea groups is 1. The van der Waals surface area contributed by atoms with Crippen molar-refractivity contribution in [2.45, 2.75) is 25.9 Å². The third-order valence-electron chi connectivity index (χ3n) is 4.10. The summed E-state index contributed by atoms with van der Waals surface area (Å²) in [5.74, 6) is 0. The molecule has 0 radical (unpaired) electrons. The second-order valence-electron chi connectivity index (χ2n) is 5.80. The van der Waals surface area contributed by atoms with Gasteiger partial charge in [0.1, 0.15) is 0 Å². The van der Waals surface area contributed by atoms with E-state index < -0.39 is 0 Å². The molecular weight excluding hydrogens is 288 g/mol. The lowest BCUT2D eigenvalue weighted by molar-refractivity contribution is 0.155. The molecule has 0 aliphatic rings. The van der Waals surface area contributed by atoms with Gasteiger partial charge in [-0.1, -0.05) is 54.6 Å². The molecule has 0 aromatic heterocycles. The molecule has 2 aromatic carbocycles. The van der Waals surface area contributed by atoms with Crippen LogP contribution in [0.4, 0.5) is 4.79 Å². The Labute approximate surface area is 137 Å². The fourth-order valence-electron chi connectivity index (χ4n) is 2.29. The number of likely N-dealkylation sites (N-methyl/N-ethyl adjacent to an activating group) is 1. The highest BCUT2D eigenvalue weighted by atomic mass is 16.3. The Hall–Kier alpha value is -2.33. The number of carbonyl (C=O) groups excluding carboxylic acids is 1. The molecule has 2 aromatic rings. The third-order valence-corrected chi connectivity index (χ3v) is 4.10. The van der Waals surface area contributed by atoms with E-state index in [1.807, 2.05) is 37.3 Å². The molecule has 2 N–H and O–H groups in total. The van der Waals surface area contributed by atoms with Gasteiger partial charge in [-0.15, -0.1) is 0 Å². The molecule has 0 aliphatic carbocycles. The first kappa shape index (κ1) is 17.0. The zero-order chi connectivity index (χ0) is 16.8. The van der Waals surface area contributed by atoms with Gasteiger partial charge < -0.3 is 15.3 Å². The average molecular weight is 312 g/mol. The Morgan fingerprint density at radius 2 is 1.61 bits per heavy atom. The van der Waals surface area contributed by atoms with Crippen LogP contribution in [0.5, 0.6) is 0 Å². The van der Waals surface area contributed by atoms with Crippen molar-refractivity contribution in [3.05, 3.63) is 60.2 Å². The van der Waals surface area contributed by atoms with Crippen molar-refractivity contribution in [2.75, 3.05) is 13.7 Å². The van der Waals surface area contributed by atoms with Gasteiger partial charge >= 0.3 is 6.03 Å². The summed E-state index contributed by atoms with van der Waals surface area (Å²) >= 11 is 0. The van der Waals surface area contributed by atoms with E-state index in [0.717, 1.165) is 11.1 Å². The second kappa shape index (κ2) is 7.79. The molecule has 0 saturated carbocycles. The number of nitrogens with one attached hydrogen (secondary N) is 1. The van der Waals surface area contributed by atoms with Gasteiger partial charge in [0.05, 0.1) is 18.7 Å². The lowest BCUT2D eigenvalue weighted by Crippen LogP contribution is -2.44. The molecule has 0 bridgehead atoms. The fourth-order valence-corrected chi connectivity index (χ4v) is 2.29. The predicted molar refractivity (Wildman–Crippen MR) is 93.1 cm³/mol. The molecule has 23 heavy (non-hydrogen) atoms. The van der Waals surface area contributed by atoms with Crippen LogP contribution in [0.15, 0.2) is 54.6 Å². The maximum atomic E-state index is 12.1. The van der Waals surface area contributed by atoms with Gasteiger partial charge in [0.15, 0.2) is 0 Å². The molecule has 2 atom stereocenters. The summed E-state index contributed by atoms with van der Waals surface area (Å²) in [6, 6.07) is 17.9. The lowest BCUT2D eigenvalue weighted by atomic mass is 10.0. The van der Waals surface area contributed by atoms with Crippen LogP contribution in [-0.2, 0) is 0 Å². The highest BCUT2D eigenvalue weighted by Crippen LogP contribution is 2.21. The van der Waals surface area contributed by atoms with Crippen molar-refractivity contribution in [1.29, 1.82) is 0 Å². The van der Waals surface area contributed by atoms with Crippen molar-refractivity contribution < 1.29 is 9.90 Å². The predicted octanol–water partition coefficient (Wildman–Crippen LogP) is 3.44. The first-order chi connectivity index (χ1) is 11.0. The van der Waals surface area contributed by atoms with E-state index in [-0.39, 0.29) is 24.7 Å². The Bertz CT molecular complexity index is 626. The summed E-state index contributed by atoms with van der Waals surface area (Å²) in [6.07, 6.45) is 0. The van der Waals surface area contributed by atoms with Crippen LogP contribution in [0, 0.1) is 0 Å². The monoisotopic (exact) mass is 312 g/mol. The number of hydrogen-bond donors (Lipinski definition) is 2. The van der Waals surface area contributed by atoms with E-state index >= 15 is 0 Å². The summed E-state index contributed by atoms with van der Waals surface area (Å²) in [5, 5.41) is 12.1. The molecular formula is C19H24N2O2. The number of rotatable bonds is 5. The molecule has 0 heterocycles. The molecule has 4 heteroatoms. The van der Waals surface area contributed by atoms with Crippen LogP contribution in [0.3, 0.4) is 0 Å². The van der Waals surface area contributed by atoms with Gasteiger partial charge in [-0.05, 0) is 30.5 Å². The molecule has 0 aliphatic heterocycles. The van der Waals surface area contributed by atoms with E-state index in [2.05, 4.69) is 29.6 Å². The summed E-state index contributed by atoms with van der Waals surface area (Å²) in [6.45, 7) is 3.70. The molecule has 0 spiro atoms. The smallest absolute Gasteiger partial charge is 0.317 e. The van der Waals surface area contributed by atoms with E-state index in [1.165, 1.54) is 10.5 Å². The summed E-state index contributed by atoms with van der Waals surface area (Å²) in [4.78, 5) is 13.6. The number of hydrogen-bond acceptors (Lipinski definition) is 2. The number of carbonyl (C=O) groups is 1. The van der Waals surface area contributed by atoms with E-state index in [1.54, 1.807) is 14.0 Å². The number of aliphatic hydroxyl groups is 1. The first-order valence-electron chi connectivity index (χ1n) is 7.82. The Morgan fingerprint density at radius 1 is 1.04 bits per heavy atom. The van der Waals surface area contributed by atoms with Gasteiger partial charge in [0.25, 0.3) is 0 Å². The van der Waals surface area contributed by atoms with Crippen LogP contribution in [-0.4, -0.2) is 35.7 Å². The van der Waals surface area contributed by atoms with Crippen molar-refractivity contribution in [1.82, 2.24) is 10.2 Å². The highest BCUT2D eigenvalue weighted by Gasteiger charge is 2.17. The van der Waals surface area contributed by atoms with Gasteiger partial charge in [-0.2, -0.15) is 0 Å². The normalized spacial score (nSPS) is 13.2.